The molecule has 1 saturated heterocycles. The van der Waals surface area contributed by atoms with Gasteiger partial charge in [0.15, 0.2) is 11.5 Å². The molecular weight excluding hydrogens is 368 g/mol. The molecule has 1 aliphatic heterocycles. The minimum atomic E-state index is -0.142. The molecule has 0 atom stereocenters. The molecule has 1 aliphatic rings. The molecule has 3 heterocycles. The second kappa shape index (κ2) is 7.90. The summed E-state index contributed by atoms with van der Waals surface area (Å²) >= 11 is 0. The van der Waals surface area contributed by atoms with Crippen molar-refractivity contribution in [1.82, 2.24) is 19.4 Å². The predicted molar refractivity (Wildman–Crippen MR) is 113 cm³/mol. The van der Waals surface area contributed by atoms with Crippen LogP contribution in [0.2, 0.25) is 0 Å². The molecule has 8 nitrogen and oxygen atoms in total. The standard InChI is InChI=1S/C21H24N6O2/c1-3-27-18-17(9-6-10-22-18)23-19(20(27)28)25-11-13-26(14-12-25)21(29)24-16-8-5-4-7-15(16)2/h4-10H,3,11-14H2,1-2H3,(H,24,29). The van der Waals surface area contributed by atoms with Gasteiger partial charge in [-0.15, -0.1) is 0 Å². The molecule has 3 aromatic rings. The van der Waals surface area contributed by atoms with Crippen molar-refractivity contribution in [3.63, 3.8) is 0 Å². The average molecular weight is 392 g/mol. The van der Waals surface area contributed by atoms with Crippen LogP contribution in [-0.2, 0) is 6.54 Å². The number of benzene rings is 1. The number of aryl methyl sites for hydroxylation is 2. The first-order valence-corrected chi connectivity index (χ1v) is 9.80. The molecule has 150 valence electrons. The van der Waals surface area contributed by atoms with Crippen LogP contribution < -0.4 is 15.8 Å². The van der Waals surface area contributed by atoms with Crippen LogP contribution in [0, 0.1) is 6.92 Å². The van der Waals surface area contributed by atoms with Crippen LogP contribution >= 0.6 is 0 Å². The van der Waals surface area contributed by atoms with Crippen LogP contribution in [0.15, 0.2) is 47.4 Å². The lowest BCUT2D eigenvalue weighted by atomic mass is 10.2. The summed E-state index contributed by atoms with van der Waals surface area (Å²) in [6, 6.07) is 11.3. The van der Waals surface area contributed by atoms with Gasteiger partial charge in [0, 0.05) is 44.6 Å². The first-order valence-electron chi connectivity index (χ1n) is 9.80. The molecule has 2 amide bonds. The molecule has 29 heavy (non-hydrogen) atoms. The van der Waals surface area contributed by atoms with Gasteiger partial charge in [-0.2, -0.15) is 0 Å². The predicted octanol–water partition coefficient (Wildman–Crippen LogP) is 2.47. The minimum Gasteiger partial charge on any atom is -0.348 e. The summed E-state index contributed by atoms with van der Waals surface area (Å²) in [5, 5.41) is 2.97. The number of rotatable bonds is 3. The van der Waals surface area contributed by atoms with Crippen molar-refractivity contribution in [2.24, 2.45) is 0 Å². The number of piperazine rings is 1. The van der Waals surface area contributed by atoms with Gasteiger partial charge in [0.05, 0.1) is 0 Å². The van der Waals surface area contributed by atoms with E-state index in [9.17, 15) is 9.59 Å². The van der Waals surface area contributed by atoms with Crippen LogP contribution in [0.25, 0.3) is 11.2 Å². The number of pyridine rings is 1. The molecule has 0 saturated carbocycles. The number of aromatic nitrogens is 3. The Morgan fingerprint density at radius 2 is 1.86 bits per heavy atom. The Kier molecular flexibility index (Phi) is 5.16. The molecule has 2 aromatic heterocycles. The molecular formula is C21H24N6O2. The summed E-state index contributed by atoms with van der Waals surface area (Å²) in [5.74, 6) is 0.423. The Hall–Kier alpha value is -3.42. The molecule has 0 radical (unpaired) electrons. The van der Waals surface area contributed by atoms with E-state index in [1.165, 1.54) is 0 Å². The average Bonchev–Trinajstić information content (AvgIpc) is 2.75. The Bertz CT molecular complexity index is 1100. The zero-order valence-corrected chi connectivity index (χ0v) is 16.6. The van der Waals surface area contributed by atoms with Gasteiger partial charge in [-0.05, 0) is 37.6 Å². The number of para-hydroxylation sites is 1. The highest BCUT2D eigenvalue weighted by molar-refractivity contribution is 5.90. The Labute approximate surface area is 168 Å². The van der Waals surface area contributed by atoms with Crippen LogP contribution in [0.3, 0.4) is 0 Å². The van der Waals surface area contributed by atoms with E-state index in [-0.39, 0.29) is 11.6 Å². The van der Waals surface area contributed by atoms with Gasteiger partial charge in [-0.3, -0.25) is 9.36 Å². The van der Waals surface area contributed by atoms with Crippen LogP contribution in [-0.4, -0.2) is 51.6 Å². The number of anilines is 2. The van der Waals surface area contributed by atoms with Gasteiger partial charge in [0.25, 0.3) is 5.56 Å². The molecule has 1 N–H and O–H groups in total. The number of hydrogen-bond acceptors (Lipinski definition) is 5. The summed E-state index contributed by atoms with van der Waals surface area (Å²) in [6.07, 6.45) is 1.67. The maximum atomic E-state index is 12.9. The molecule has 4 rings (SSSR count). The zero-order chi connectivity index (χ0) is 20.4. The minimum absolute atomic E-state index is 0.124. The van der Waals surface area contributed by atoms with Crippen molar-refractivity contribution in [2.75, 3.05) is 36.4 Å². The lowest BCUT2D eigenvalue weighted by molar-refractivity contribution is 0.208. The van der Waals surface area contributed by atoms with Gasteiger partial charge in [-0.1, -0.05) is 18.2 Å². The summed E-state index contributed by atoms with van der Waals surface area (Å²) in [4.78, 5) is 38.1. The van der Waals surface area contributed by atoms with E-state index in [0.717, 1.165) is 11.3 Å². The largest absolute Gasteiger partial charge is 0.348 e. The van der Waals surface area contributed by atoms with Crippen molar-refractivity contribution in [3.05, 3.63) is 58.5 Å². The highest BCUT2D eigenvalue weighted by Crippen LogP contribution is 2.17. The first kappa shape index (κ1) is 18.9. The monoisotopic (exact) mass is 392 g/mol. The number of urea groups is 1. The molecule has 1 aromatic carbocycles. The number of hydrogen-bond donors (Lipinski definition) is 1. The number of nitrogens with one attached hydrogen (secondary N) is 1. The summed E-state index contributed by atoms with van der Waals surface area (Å²) in [7, 11) is 0. The highest BCUT2D eigenvalue weighted by Gasteiger charge is 2.25. The van der Waals surface area contributed by atoms with Gasteiger partial charge in [-0.25, -0.2) is 14.8 Å². The Balaban J connectivity index is 1.50. The highest BCUT2D eigenvalue weighted by atomic mass is 16.2. The van der Waals surface area contributed by atoms with Gasteiger partial charge in [0.1, 0.15) is 5.52 Å². The van der Waals surface area contributed by atoms with Crippen LogP contribution in [0.1, 0.15) is 12.5 Å². The van der Waals surface area contributed by atoms with E-state index in [2.05, 4.69) is 15.3 Å². The molecule has 0 unspecified atom stereocenters. The summed E-state index contributed by atoms with van der Waals surface area (Å²) in [6.45, 7) is 6.57. The third-order valence-electron chi connectivity index (χ3n) is 5.25. The fourth-order valence-corrected chi connectivity index (χ4v) is 3.59. The third-order valence-corrected chi connectivity index (χ3v) is 5.25. The zero-order valence-electron chi connectivity index (χ0n) is 16.6. The van der Waals surface area contributed by atoms with Crippen molar-refractivity contribution < 1.29 is 4.79 Å². The van der Waals surface area contributed by atoms with Crippen molar-refractivity contribution >= 4 is 28.7 Å². The second-order valence-electron chi connectivity index (χ2n) is 7.05. The quantitative estimate of drug-likeness (QED) is 0.740. The Morgan fingerprint density at radius 3 is 2.59 bits per heavy atom. The summed E-state index contributed by atoms with van der Waals surface area (Å²) in [5.41, 5.74) is 2.99. The third kappa shape index (κ3) is 3.65. The normalized spacial score (nSPS) is 14.3. The van der Waals surface area contributed by atoms with E-state index in [1.807, 2.05) is 55.1 Å². The topological polar surface area (TPSA) is 83.4 Å². The van der Waals surface area contributed by atoms with Gasteiger partial charge >= 0.3 is 6.03 Å². The van der Waals surface area contributed by atoms with E-state index < -0.39 is 0 Å². The maximum Gasteiger partial charge on any atom is 0.321 e. The fraction of sp³-hybridized carbons (Fsp3) is 0.333. The number of nitrogens with zero attached hydrogens (tertiary/aromatic N) is 5. The van der Waals surface area contributed by atoms with E-state index >= 15 is 0 Å². The Morgan fingerprint density at radius 1 is 1.10 bits per heavy atom. The van der Waals surface area contributed by atoms with E-state index in [1.54, 1.807) is 15.7 Å². The number of carbonyl (C=O) groups excluding carboxylic acids is 1. The summed E-state index contributed by atoms with van der Waals surface area (Å²) < 4.78 is 1.65. The van der Waals surface area contributed by atoms with Crippen molar-refractivity contribution in [1.29, 1.82) is 0 Å². The number of carbonyl (C=O) groups is 1. The first-order chi connectivity index (χ1) is 14.1. The van der Waals surface area contributed by atoms with E-state index in [4.69, 9.17) is 0 Å². The lowest BCUT2D eigenvalue weighted by Gasteiger charge is -2.35. The number of amides is 2. The number of fused-ring (bicyclic) bond motifs is 1. The fourth-order valence-electron chi connectivity index (χ4n) is 3.59. The molecule has 0 aliphatic carbocycles. The molecule has 1 fully saturated rings. The van der Waals surface area contributed by atoms with Crippen molar-refractivity contribution in [2.45, 2.75) is 20.4 Å². The smallest absolute Gasteiger partial charge is 0.321 e. The maximum absolute atomic E-state index is 12.9. The van der Waals surface area contributed by atoms with E-state index in [0.29, 0.717) is 49.7 Å². The van der Waals surface area contributed by atoms with Crippen LogP contribution in [0.5, 0.6) is 0 Å². The second-order valence-corrected chi connectivity index (χ2v) is 7.05. The van der Waals surface area contributed by atoms with Gasteiger partial charge in [0.2, 0.25) is 0 Å². The lowest BCUT2D eigenvalue weighted by Crippen LogP contribution is -2.51. The van der Waals surface area contributed by atoms with Crippen LogP contribution in [0.4, 0.5) is 16.3 Å². The SMILES string of the molecule is CCn1c(=O)c(N2CCN(C(=O)Nc3ccccc3C)CC2)nc2cccnc21. The van der Waals surface area contributed by atoms with Gasteiger partial charge < -0.3 is 15.1 Å². The molecule has 8 heteroatoms. The molecule has 0 bridgehead atoms. The molecule has 0 spiro atoms. The van der Waals surface area contributed by atoms with Crippen molar-refractivity contribution in [3.8, 4) is 0 Å².